The number of hydrogen-bond donors (Lipinski definition) is 3. The molecule has 1 saturated heterocycles. The molecule has 2 aromatic carbocycles. The lowest BCUT2D eigenvalue weighted by Crippen LogP contribution is -2.40. The van der Waals surface area contributed by atoms with Crippen molar-refractivity contribution in [3.8, 4) is 11.5 Å². The SMILES string of the molecule is O=C(CN1C(=O)/C(=C/c2cccc(Cl)c2)SC1=S)NCCc1ccc(O)c(O)c1. The van der Waals surface area contributed by atoms with Crippen LogP contribution in [0.2, 0.25) is 5.02 Å². The highest BCUT2D eigenvalue weighted by molar-refractivity contribution is 8.26. The summed E-state index contributed by atoms with van der Waals surface area (Å²) in [6.07, 6.45) is 2.16. The van der Waals surface area contributed by atoms with Gasteiger partial charge in [0.2, 0.25) is 5.91 Å². The first kappa shape index (κ1) is 21.2. The third kappa shape index (κ3) is 5.50. The number of thiocarbonyl (C=S) groups is 1. The zero-order valence-electron chi connectivity index (χ0n) is 15.1. The van der Waals surface area contributed by atoms with E-state index in [1.807, 2.05) is 6.07 Å². The van der Waals surface area contributed by atoms with Crippen LogP contribution in [0, 0.1) is 0 Å². The standard InChI is InChI=1S/C20H17ClN2O4S2/c21-14-3-1-2-13(8-14)10-17-19(27)23(20(28)29-17)11-18(26)22-7-6-12-4-5-15(24)16(25)9-12/h1-5,8-10,24-25H,6-7,11H2,(H,22,26)/b17-10-. The lowest BCUT2D eigenvalue weighted by Gasteiger charge is -2.14. The number of carbonyl (C=O) groups excluding carboxylic acids is 2. The smallest absolute Gasteiger partial charge is 0.266 e. The molecule has 3 N–H and O–H groups in total. The van der Waals surface area contributed by atoms with Crippen LogP contribution in [-0.2, 0) is 16.0 Å². The molecule has 0 unspecified atom stereocenters. The monoisotopic (exact) mass is 448 g/mol. The number of phenolic OH excluding ortho intramolecular Hbond substituents is 2. The van der Waals surface area contributed by atoms with Gasteiger partial charge in [-0.2, -0.15) is 0 Å². The molecule has 6 nitrogen and oxygen atoms in total. The fourth-order valence-electron chi connectivity index (χ4n) is 2.65. The number of thioether (sulfide) groups is 1. The second-order valence-corrected chi connectivity index (χ2v) is 8.36. The van der Waals surface area contributed by atoms with E-state index in [1.54, 1.807) is 30.3 Å². The highest BCUT2D eigenvalue weighted by Gasteiger charge is 2.33. The number of amides is 2. The van der Waals surface area contributed by atoms with Gasteiger partial charge in [0.15, 0.2) is 11.5 Å². The first-order valence-electron chi connectivity index (χ1n) is 8.62. The molecule has 0 aliphatic carbocycles. The Morgan fingerprint density at radius 2 is 2.00 bits per heavy atom. The number of halogens is 1. The summed E-state index contributed by atoms with van der Waals surface area (Å²) < 4.78 is 0.321. The van der Waals surface area contributed by atoms with Crippen LogP contribution >= 0.6 is 35.6 Å². The fourth-order valence-corrected chi connectivity index (χ4v) is 4.11. The normalized spacial score (nSPS) is 15.2. The van der Waals surface area contributed by atoms with Gasteiger partial charge in [-0.3, -0.25) is 14.5 Å². The van der Waals surface area contributed by atoms with Crippen molar-refractivity contribution >= 4 is 57.8 Å². The summed E-state index contributed by atoms with van der Waals surface area (Å²) in [5, 5.41) is 22.1. The molecule has 0 saturated carbocycles. The van der Waals surface area contributed by atoms with Crippen molar-refractivity contribution in [2.45, 2.75) is 6.42 Å². The second kappa shape index (κ2) is 9.30. The summed E-state index contributed by atoms with van der Waals surface area (Å²) >= 11 is 12.3. The van der Waals surface area contributed by atoms with Gasteiger partial charge >= 0.3 is 0 Å². The zero-order chi connectivity index (χ0) is 21.0. The minimum atomic E-state index is -0.340. The van der Waals surface area contributed by atoms with Crippen LogP contribution in [-0.4, -0.2) is 44.3 Å². The van der Waals surface area contributed by atoms with Gasteiger partial charge in [-0.05, 0) is 47.9 Å². The molecule has 1 fully saturated rings. The molecular formula is C20H17ClN2O4S2. The number of nitrogens with one attached hydrogen (secondary N) is 1. The van der Waals surface area contributed by atoms with Gasteiger partial charge in [-0.25, -0.2) is 0 Å². The van der Waals surface area contributed by atoms with Gasteiger partial charge in [0, 0.05) is 11.6 Å². The van der Waals surface area contributed by atoms with Gasteiger partial charge in [0.1, 0.15) is 10.9 Å². The molecule has 0 aromatic heterocycles. The van der Waals surface area contributed by atoms with E-state index in [-0.39, 0.29) is 29.9 Å². The van der Waals surface area contributed by atoms with Gasteiger partial charge in [0.05, 0.1) is 4.91 Å². The van der Waals surface area contributed by atoms with E-state index in [0.29, 0.717) is 27.2 Å². The Balaban J connectivity index is 1.55. The maximum absolute atomic E-state index is 12.6. The van der Waals surface area contributed by atoms with Crippen molar-refractivity contribution in [2.75, 3.05) is 13.1 Å². The average molecular weight is 449 g/mol. The summed E-state index contributed by atoms with van der Waals surface area (Å²) in [5.74, 6) is -1.07. The van der Waals surface area contributed by atoms with Crippen LogP contribution in [0.3, 0.4) is 0 Å². The van der Waals surface area contributed by atoms with Crippen LogP contribution in [0.5, 0.6) is 11.5 Å². The summed E-state index contributed by atoms with van der Waals surface area (Å²) in [7, 11) is 0. The van der Waals surface area contributed by atoms with Crippen molar-refractivity contribution in [1.82, 2.24) is 10.2 Å². The Morgan fingerprint density at radius 3 is 2.72 bits per heavy atom. The van der Waals surface area contributed by atoms with E-state index < -0.39 is 0 Å². The Bertz CT molecular complexity index is 1010. The third-order valence-corrected chi connectivity index (χ3v) is 5.71. The summed E-state index contributed by atoms with van der Waals surface area (Å²) in [6.45, 7) is 0.147. The number of hydrogen-bond acceptors (Lipinski definition) is 6. The quantitative estimate of drug-likeness (QED) is 0.357. The summed E-state index contributed by atoms with van der Waals surface area (Å²) in [5.41, 5.74) is 1.54. The molecule has 2 aromatic rings. The molecule has 150 valence electrons. The Morgan fingerprint density at radius 1 is 1.21 bits per heavy atom. The number of phenols is 2. The van der Waals surface area contributed by atoms with Crippen LogP contribution in [0.1, 0.15) is 11.1 Å². The van der Waals surface area contributed by atoms with Crippen molar-refractivity contribution in [2.24, 2.45) is 0 Å². The largest absolute Gasteiger partial charge is 0.504 e. The van der Waals surface area contributed by atoms with E-state index in [9.17, 15) is 19.8 Å². The number of rotatable bonds is 6. The van der Waals surface area contributed by atoms with Gasteiger partial charge in [-0.1, -0.05) is 53.8 Å². The first-order chi connectivity index (χ1) is 13.8. The van der Waals surface area contributed by atoms with E-state index in [2.05, 4.69) is 5.32 Å². The molecule has 0 bridgehead atoms. The Kier molecular flexibility index (Phi) is 6.79. The van der Waals surface area contributed by atoms with Crippen LogP contribution in [0.4, 0.5) is 0 Å². The predicted octanol–water partition coefficient (Wildman–Crippen LogP) is 3.31. The summed E-state index contributed by atoms with van der Waals surface area (Å²) in [4.78, 5) is 26.5. The van der Waals surface area contributed by atoms with Crippen molar-refractivity contribution in [3.63, 3.8) is 0 Å². The molecule has 1 aliphatic rings. The van der Waals surface area contributed by atoms with Crippen LogP contribution in [0.15, 0.2) is 47.4 Å². The maximum atomic E-state index is 12.6. The first-order valence-corrected chi connectivity index (χ1v) is 10.2. The minimum Gasteiger partial charge on any atom is -0.504 e. The van der Waals surface area contributed by atoms with E-state index in [4.69, 9.17) is 23.8 Å². The Labute approximate surface area is 182 Å². The number of carbonyl (C=O) groups is 2. The topological polar surface area (TPSA) is 89.9 Å². The highest BCUT2D eigenvalue weighted by atomic mass is 35.5. The Hall–Kier alpha value is -2.55. The van der Waals surface area contributed by atoms with Gasteiger partial charge < -0.3 is 15.5 Å². The lowest BCUT2D eigenvalue weighted by molar-refractivity contribution is -0.128. The van der Waals surface area contributed by atoms with E-state index in [0.717, 1.165) is 22.9 Å². The van der Waals surface area contributed by atoms with Gasteiger partial charge in [-0.15, -0.1) is 0 Å². The maximum Gasteiger partial charge on any atom is 0.266 e. The average Bonchev–Trinajstić information content (AvgIpc) is 2.92. The van der Waals surface area contributed by atoms with Crippen LogP contribution < -0.4 is 5.32 Å². The lowest BCUT2D eigenvalue weighted by atomic mass is 10.1. The van der Waals surface area contributed by atoms with E-state index in [1.165, 1.54) is 17.0 Å². The molecule has 0 atom stereocenters. The zero-order valence-corrected chi connectivity index (χ0v) is 17.5. The number of benzene rings is 2. The van der Waals surface area contributed by atoms with Crippen molar-refractivity contribution < 1.29 is 19.8 Å². The molecule has 1 aliphatic heterocycles. The molecular weight excluding hydrogens is 432 g/mol. The van der Waals surface area contributed by atoms with Crippen molar-refractivity contribution in [1.29, 1.82) is 0 Å². The second-order valence-electron chi connectivity index (χ2n) is 6.25. The number of nitrogens with zero attached hydrogens (tertiary/aromatic N) is 1. The highest BCUT2D eigenvalue weighted by Crippen LogP contribution is 2.32. The van der Waals surface area contributed by atoms with Gasteiger partial charge in [0.25, 0.3) is 5.91 Å². The molecule has 1 heterocycles. The summed E-state index contributed by atoms with van der Waals surface area (Å²) in [6, 6.07) is 11.6. The number of aromatic hydroxyl groups is 2. The molecule has 9 heteroatoms. The van der Waals surface area contributed by atoms with E-state index >= 15 is 0 Å². The predicted molar refractivity (Wildman–Crippen MR) is 118 cm³/mol. The molecule has 0 radical (unpaired) electrons. The molecule has 3 rings (SSSR count). The molecule has 0 spiro atoms. The van der Waals surface area contributed by atoms with Crippen molar-refractivity contribution in [3.05, 3.63) is 63.5 Å². The molecule has 2 amide bonds. The molecule has 29 heavy (non-hydrogen) atoms. The third-order valence-electron chi connectivity index (χ3n) is 4.10. The van der Waals surface area contributed by atoms with Crippen LogP contribution in [0.25, 0.3) is 6.08 Å². The fraction of sp³-hybridized carbons (Fsp3) is 0.150. The minimum absolute atomic E-state index is 0.168.